The summed E-state index contributed by atoms with van der Waals surface area (Å²) in [5.74, 6) is -12.4. The summed E-state index contributed by atoms with van der Waals surface area (Å²) in [4.78, 5) is 127. The maximum absolute atomic E-state index is 14.6. The maximum atomic E-state index is 14.6. The molecule has 2 bridgehead atoms. The molecule has 14 N–H and O–H groups in total. The molecule has 1 fully saturated rings. The Balaban J connectivity index is 1.72. The Kier molecular flexibility index (Phi) is 16.7. The number of rotatable bonds is 7. The van der Waals surface area contributed by atoms with E-state index in [-0.39, 0.29) is 39.7 Å². The number of amides is 9. The zero-order chi connectivity index (χ0) is 47.9. The van der Waals surface area contributed by atoms with Gasteiger partial charge in [0.2, 0.25) is 58.2 Å². The molecule has 5 rings (SSSR count). The van der Waals surface area contributed by atoms with Gasteiger partial charge in [0.05, 0.1) is 49.8 Å². The Morgan fingerprint density at radius 2 is 1.60 bits per heavy atom. The van der Waals surface area contributed by atoms with Crippen molar-refractivity contribution < 1.29 is 68.1 Å². The van der Waals surface area contributed by atoms with Crippen molar-refractivity contribution in [2.24, 2.45) is 23.5 Å². The van der Waals surface area contributed by atoms with Crippen LogP contribution in [0.15, 0.2) is 23.2 Å². The fourth-order valence-electron chi connectivity index (χ4n) is 7.92. The molecule has 0 aliphatic carbocycles. The summed E-state index contributed by atoms with van der Waals surface area (Å²) >= 11 is -2.38. The molecule has 2 aromatic rings. The molecule has 0 saturated carbocycles. The largest absolute Gasteiger partial charge is 0.610 e. The fourth-order valence-corrected chi connectivity index (χ4v) is 9.32. The number of nitrogens with one attached hydrogen (secondary N) is 8. The number of carbonyl (C=O) groups excluding carboxylic acids is 9. The number of fused-ring (bicyclic) bond motifs is 5. The number of carbonyl (C=O) groups is 9. The first kappa shape index (κ1) is 50.0. The number of H-pyrrole nitrogens is 1. The molecule has 25 heteroatoms. The van der Waals surface area contributed by atoms with E-state index in [1.165, 1.54) is 25.1 Å². The number of hydrogen-bond donors (Lipinski definition) is 13. The van der Waals surface area contributed by atoms with Gasteiger partial charge in [-0.15, -0.1) is 0 Å². The van der Waals surface area contributed by atoms with Gasteiger partial charge in [-0.1, -0.05) is 27.2 Å². The third kappa shape index (κ3) is 12.2. The smallest absolute Gasteiger partial charge is 0.248 e. The second-order valence-electron chi connectivity index (χ2n) is 16.5. The van der Waals surface area contributed by atoms with Crippen LogP contribution in [0.4, 0.5) is 0 Å². The number of hydrogen-bond acceptors (Lipinski definition) is 14. The van der Waals surface area contributed by atoms with Crippen molar-refractivity contribution in [3.8, 4) is 5.75 Å². The molecule has 1 unspecified atom stereocenters. The van der Waals surface area contributed by atoms with Gasteiger partial charge in [-0.3, -0.25) is 43.2 Å². The van der Waals surface area contributed by atoms with E-state index in [9.17, 15) is 68.1 Å². The Bertz CT molecular complexity index is 2170. The van der Waals surface area contributed by atoms with Gasteiger partial charge >= 0.3 is 0 Å². The number of nitrogens with two attached hydrogens (primary N) is 1. The number of aliphatic hydroxyl groups excluding tert-OH is 3. The molecule has 65 heavy (non-hydrogen) atoms. The number of aromatic amines is 1. The van der Waals surface area contributed by atoms with Crippen molar-refractivity contribution in [1.29, 1.82) is 0 Å². The van der Waals surface area contributed by atoms with E-state index in [0.29, 0.717) is 6.42 Å². The minimum absolute atomic E-state index is 0.0813. The average Bonchev–Trinajstić information content (AvgIpc) is 3.83. The van der Waals surface area contributed by atoms with Crippen LogP contribution in [0.2, 0.25) is 0 Å². The predicted octanol–water partition coefficient (Wildman–Crippen LogP) is -5.67. The number of aromatic hydroxyl groups is 1. The highest BCUT2D eigenvalue weighted by Gasteiger charge is 2.45. The van der Waals surface area contributed by atoms with Crippen molar-refractivity contribution in [2.45, 2.75) is 93.9 Å². The zero-order valence-electron chi connectivity index (χ0n) is 35.9. The fraction of sp³-hybridized carbons (Fsp3) is 0.575. The lowest BCUT2D eigenvalue weighted by atomic mass is 9.90. The van der Waals surface area contributed by atoms with Crippen molar-refractivity contribution in [2.75, 3.05) is 38.5 Å². The molecule has 356 valence electrons. The summed E-state index contributed by atoms with van der Waals surface area (Å²) in [6.45, 7) is 1.81. The van der Waals surface area contributed by atoms with Crippen LogP contribution in [-0.4, -0.2) is 169 Å². The average molecular weight is 933 g/mol. The molecule has 9 amide bonds. The van der Waals surface area contributed by atoms with Crippen LogP contribution in [0.1, 0.15) is 45.6 Å². The lowest BCUT2D eigenvalue weighted by Gasteiger charge is -2.32. The third-order valence-corrected chi connectivity index (χ3v) is 13.3. The zero-order valence-corrected chi connectivity index (χ0v) is 36.7. The molecule has 4 heterocycles. The number of primary amides is 1. The number of benzene rings is 1. The van der Waals surface area contributed by atoms with Crippen LogP contribution in [0.3, 0.4) is 0 Å². The molecule has 24 nitrogen and oxygen atoms in total. The normalized spacial score (nSPS) is 28.4. The maximum Gasteiger partial charge on any atom is 0.248 e. The number of nitrogens with zero attached hydrogens (tertiary/aromatic N) is 1. The van der Waals surface area contributed by atoms with Crippen LogP contribution in [0.25, 0.3) is 10.9 Å². The van der Waals surface area contributed by atoms with Gasteiger partial charge in [-0.05, 0) is 18.1 Å². The summed E-state index contributed by atoms with van der Waals surface area (Å²) in [7, 11) is 0. The minimum atomic E-state index is -2.38. The van der Waals surface area contributed by atoms with Crippen molar-refractivity contribution in [3.63, 3.8) is 0 Å². The van der Waals surface area contributed by atoms with Gasteiger partial charge in [0.15, 0.2) is 6.04 Å². The Morgan fingerprint density at radius 3 is 2.28 bits per heavy atom. The summed E-state index contributed by atoms with van der Waals surface area (Å²) in [5.41, 5.74) is 5.74. The van der Waals surface area contributed by atoms with Gasteiger partial charge in [0.1, 0.15) is 35.7 Å². The monoisotopic (exact) mass is 932 g/mol. The third-order valence-electron chi connectivity index (χ3n) is 11.9. The molecule has 11 atom stereocenters. The van der Waals surface area contributed by atoms with Gasteiger partial charge < -0.3 is 77.8 Å². The van der Waals surface area contributed by atoms with E-state index in [2.05, 4.69) is 42.2 Å². The van der Waals surface area contributed by atoms with E-state index in [0.717, 1.165) is 4.90 Å². The van der Waals surface area contributed by atoms with E-state index in [4.69, 9.17) is 5.73 Å². The highest BCUT2D eigenvalue weighted by Crippen LogP contribution is 2.31. The lowest BCUT2D eigenvalue weighted by Crippen LogP contribution is -2.62. The quantitative estimate of drug-likeness (QED) is 0.115. The lowest BCUT2D eigenvalue weighted by molar-refractivity contribution is -0.144. The molecule has 1 aromatic carbocycles. The SMILES string of the molecule is CC[C@H](C)[C@@H]1CNC(=O)CNC(=O)[C@@H]2Cc3c([nH]c4cc(O)ccc34)[S+]([O-])C[C@H](NC(=O)CNC1=O)C(=O)N[C@@H](CC(N)=O)C(=O)N1C[C@H](O)C[C@H]1C(=O)N[C@@H]([C@@H](C)[C@@H](O)CO)C(=O)N2. The van der Waals surface area contributed by atoms with Crippen LogP contribution in [0.5, 0.6) is 5.75 Å². The number of aliphatic hydroxyl groups is 3. The molecule has 1 saturated heterocycles. The van der Waals surface area contributed by atoms with Crippen LogP contribution in [0, 0.1) is 17.8 Å². The highest BCUT2D eigenvalue weighted by atomic mass is 32.2. The van der Waals surface area contributed by atoms with Crippen molar-refractivity contribution in [1.82, 2.24) is 47.1 Å². The second kappa shape index (κ2) is 21.8. The number of aromatic nitrogens is 1. The Labute approximate surface area is 375 Å². The van der Waals surface area contributed by atoms with Crippen molar-refractivity contribution >= 4 is 75.2 Å². The molecule has 3 aliphatic heterocycles. The second-order valence-corrected chi connectivity index (χ2v) is 17.9. The van der Waals surface area contributed by atoms with E-state index < -0.39 is 170 Å². The minimum Gasteiger partial charge on any atom is -0.610 e. The highest BCUT2D eigenvalue weighted by molar-refractivity contribution is 7.91. The summed E-state index contributed by atoms with van der Waals surface area (Å²) in [6.07, 6.45) is -4.30. The van der Waals surface area contributed by atoms with E-state index in [1.54, 1.807) is 13.8 Å². The van der Waals surface area contributed by atoms with Crippen LogP contribution < -0.4 is 43.0 Å². The Hall–Kier alpha value is -6.02. The van der Waals surface area contributed by atoms with Gasteiger partial charge in [0.25, 0.3) is 0 Å². The summed E-state index contributed by atoms with van der Waals surface area (Å²) < 4.78 is 14.6. The first-order chi connectivity index (χ1) is 30.7. The topological polar surface area (TPSA) is 387 Å². The van der Waals surface area contributed by atoms with Gasteiger partial charge in [0, 0.05) is 60.0 Å². The van der Waals surface area contributed by atoms with Gasteiger partial charge in [-0.2, -0.15) is 0 Å². The number of phenolic OH excluding ortho intramolecular Hbond substituents is 1. The van der Waals surface area contributed by atoms with E-state index >= 15 is 0 Å². The first-order valence-electron chi connectivity index (χ1n) is 21.0. The Morgan fingerprint density at radius 1 is 0.908 bits per heavy atom. The molecule has 1 aromatic heterocycles. The molecule has 3 aliphatic rings. The first-order valence-corrected chi connectivity index (χ1v) is 22.3. The van der Waals surface area contributed by atoms with Gasteiger partial charge in [-0.25, -0.2) is 0 Å². The molecule has 0 spiro atoms. The summed E-state index contributed by atoms with van der Waals surface area (Å²) in [5, 5.41) is 59.0. The predicted molar refractivity (Wildman–Crippen MR) is 227 cm³/mol. The van der Waals surface area contributed by atoms with E-state index in [1.807, 2.05) is 0 Å². The van der Waals surface area contributed by atoms with Crippen LogP contribution >= 0.6 is 0 Å². The summed E-state index contributed by atoms with van der Waals surface area (Å²) in [6, 6.07) is -4.71. The van der Waals surface area contributed by atoms with Crippen molar-refractivity contribution in [3.05, 3.63) is 23.8 Å². The molecular formula is C40H56N10O14S. The molecular weight excluding hydrogens is 877 g/mol. The standard InChI is InChI=1S/C40H56N10O14S/c1-4-17(2)23-11-42-31(56)12-44-35(59)25-9-22-21-6-5-19(52)7-24(21)48-39(22)65(64)16-27(45-32(57)13-43-34(23)58)36(60)47-26(10-30(41)55)40(63)50-14-20(53)8-28(50)37(61)49-33(38(62)46-25)18(3)29(54)15-51/h5-7,17-18,20,23,25-29,33,48,51-54H,4,8-16H2,1-3H3,(H2,41,55)(H,42,56)(H,43,58)(H,44,59)(H,45,57)(H,46,62)(H,47,60)(H,49,61)/t17-,18-,20+,23-,25-,26-,27-,28-,29-,33-,65?/m0/s1. The number of phenols is 1. The van der Waals surface area contributed by atoms with Crippen LogP contribution in [-0.2, 0) is 60.7 Å². The molecule has 0 radical (unpaired) electrons.